The van der Waals surface area contributed by atoms with Crippen LogP contribution in [0, 0.1) is 5.92 Å². The lowest BCUT2D eigenvalue weighted by molar-refractivity contribution is -0.132. The summed E-state index contributed by atoms with van der Waals surface area (Å²) in [4.78, 5) is 22.9. The first-order valence-electron chi connectivity index (χ1n) is 8.44. The SMILES string of the molecule is CN(C)C(=O)C1CCC(n2cc3c4c(ncnc42)NCCC3)C1. The molecule has 1 amide bonds. The van der Waals surface area contributed by atoms with Crippen LogP contribution in [0.1, 0.15) is 37.3 Å². The van der Waals surface area contributed by atoms with Crippen molar-refractivity contribution in [3.05, 3.63) is 18.1 Å². The van der Waals surface area contributed by atoms with Gasteiger partial charge >= 0.3 is 0 Å². The van der Waals surface area contributed by atoms with Crippen LogP contribution in [0.3, 0.4) is 0 Å². The van der Waals surface area contributed by atoms with Crippen molar-refractivity contribution in [2.24, 2.45) is 5.92 Å². The van der Waals surface area contributed by atoms with Crippen LogP contribution in [-0.4, -0.2) is 46.0 Å². The Hall–Kier alpha value is -2.11. The van der Waals surface area contributed by atoms with Crippen molar-refractivity contribution in [2.75, 3.05) is 26.0 Å². The normalized spacial score (nSPS) is 23.6. The molecule has 2 unspecified atom stereocenters. The number of anilines is 1. The average Bonchev–Trinajstić information content (AvgIpc) is 3.10. The summed E-state index contributed by atoms with van der Waals surface area (Å²) in [5.74, 6) is 1.35. The van der Waals surface area contributed by atoms with Crippen LogP contribution in [0.15, 0.2) is 12.5 Å². The molecule has 0 aromatic carbocycles. The van der Waals surface area contributed by atoms with E-state index in [1.165, 1.54) is 10.9 Å². The summed E-state index contributed by atoms with van der Waals surface area (Å²) in [5.41, 5.74) is 2.35. The van der Waals surface area contributed by atoms with Gasteiger partial charge < -0.3 is 14.8 Å². The van der Waals surface area contributed by atoms with E-state index in [4.69, 9.17) is 0 Å². The molecule has 1 aliphatic heterocycles. The van der Waals surface area contributed by atoms with E-state index in [1.807, 2.05) is 14.1 Å². The summed E-state index contributed by atoms with van der Waals surface area (Å²) in [6.07, 6.45) is 8.99. The van der Waals surface area contributed by atoms with Crippen LogP contribution < -0.4 is 5.32 Å². The summed E-state index contributed by atoms with van der Waals surface area (Å²) in [5, 5.41) is 4.58. The van der Waals surface area contributed by atoms with E-state index in [0.29, 0.717) is 6.04 Å². The molecule has 1 fully saturated rings. The van der Waals surface area contributed by atoms with E-state index in [2.05, 4.69) is 26.0 Å². The molecule has 1 N–H and O–H groups in total. The Bertz CT molecular complexity index is 751. The lowest BCUT2D eigenvalue weighted by Crippen LogP contribution is -2.28. The third-order valence-electron chi connectivity index (χ3n) is 5.19. The summed E-state index contributed by atoms with van der Waals surface area (Å²) < 4.78 is 2.30. The van der Waals surface area contributed by atoms with Crippen LogP contribution in [-0.2, 0) is 11.2 Å². The van der Waals surface area contributed by atoms with Crippen LogP contribution in [0.2, 0.25) is 0 Å². The van der Waals surface area contributed by atoms with Gasteiger partial charge in [-0.15, -0.1) is 0 Å². The lowest BCUT2D eigenvalue weighted by atomic mass is 10.1. The zero-order valence-electron chi connectivity index (χ0n) is 13.7. The minimum absolute atomic E-state index is 0.142. The van der Waals surface area contributed by atoms with E-state index in [1.54, 1.807) is 11.2 Å². The van der Waals surface area contributed by atoms with Gasteiger partial charge in [0.05, 0.1) is 5.39 Å². The Balaban J connectivity index is 1.70. The third kappa shape index (κ3) is 2.36. The van der Waals surface area contributed by atoms with Crippen molar-refractivity contribution in [1.82, 2.24) is 19.4 Å². The fourth-order valence-corrected chi connectivity index (χ4v) is 4.05. The molecule has 23 heavy (non-hydrogen) atoms. The van der Waals surface area contributed by atoms with E-state index >= 15 is 0 Å². The smallest absolute Gasteiger partial charge is 0.225 e. The molecule has 4 rings (SSSR count). The van der Waals surface area contributed by atoms with E-state index in [-0.39, 0.29) is 11.8 Å². The molecule has 0 saturated heterocycles. The Morgan fingerprint density at radius 1 is 1.35 bits per heavy atom. The summed E-state index contributed by atoms with van der Waals surface area (Å²) in [6.45, 7) is 0.962. The Labute approximate surface area is 135 Å². The molecule has 2 aromatic rings. The second-order valence-corrected chi connectivity index (χ2v) is 6.91. The van der Waals surface area contributed by atoms with Gasteiger partial charge in [0.15, 0.2) is 0 Å². The van der Waals surface area contributed by atoms with Gasteiger partial charge in [0.25, 0.3) is 0 Å². The number of nitrogens with zero attached hydrogens (tertiary/aromatic N) is 4. The highest BCUT2D eigenvalue weighted by atomic mass is 16.2. The van der Waals surface area contributed by atoms with E-state index < -0.39 is 0 Å². The van der Waals surface area contributed by atoms with Gasteiger partial charge in [0, 0.05) is 38.8 Å². The number of carbonyl (C=O) groups excluding carboxylic acids is 1. The predicted octanol–water partition coefficient (Wildman–Crippen LogP) is 2.22. The van der Waals surface area contributed by atoms with Gasteiger partial charge in [0.1, 0.15) is 17.8 Å². The minimum atomic E-state index is 0.142. The maximum atomic E-state index is 12.2. The molecule has 2 aromatic heterocycles. The number of amides is 1. The first-order chi connectivity index (χ1) is 11.1. The third-order valence-corrected chi connectivity index (χ3v) is 5.19. The maximum Gasteiger partial charge on any atom is 0.225 e. The number of aromatic nitrogens is 3. The Morgan fingerprint density at radius 2 is 2.22 bits per heavy atom. The first kappa shape index (κ1) is 14.5. The fraction of sp³-hybridized carbons (Fsp3) is 0.588. The molecule has 2 atom stereocenters. The molecule has 3 heterocycles. The highest BCUT2D eigenvalue weighted by Gasteiger charge is 2.33. The maximum absolute atomic E-state index is 12.2. The predicted molar refractivity (Wildman–Crippen MR) is 89.4 cm³/mol. The van der Waals surface area contributed by atoms with Gasteiger partial charge in [0.2, 0.25) is 5.91 Å². The number of rotatable bonds is 2. The molecular formula is C17H23N5O. The zero-order valence-corrected chi connectivity index (χ0v) is 13.7. The van der Waals surface area contributed by atoms with Gasteiger partial charge in [-0.1, -0.05) is 0 Å². The Kier molecular flexibility index (Phi) is 3.47. The molecular weight excluding hydrogens is 290 g/mol. The number of hydrogen-bond donors (Lipinski definition) is 1. The van der Waals surface area contributed by atoms with Gasteiger partial charge in [-0.2, -0.15) is 0 Å². The second kappa shape index (κ2) is 5.51. The molecule has 6 nitrogen and oxygen atoms in total. The monoisotopic (exact) mass is 313 g/mol. The van der Waals surface area contributed by atoms with E-state index in [0.717, 1.165) is 50.1 Å². The number of nitrogens with one attached hydrogen (secondary N) is 1. The summed E-state index contributed by atoms with van der Waals surface area (Å²) in [7, 11) is 3.69. The highest BCUT2D eigenvalue weighted by molar-refractivity contribution is 5.91. The number of aryl methyl sites for hydroxylation is 1. The molecule has 0 radical (unpaired) electrons. The minimum Gasteiger partial charge on any atom is -0.369 e. The average molecular weight is 313 g/mol. The second-order valence-electron chi connectivity index (χ2n) is 6.91. The number of carbonyl (C=O) groups is 1. The largest absolute Gasteiger partial charge is 0.369 e. The van der Waals surface area contributed by atoms with Crippen molar-refractivity contribution >= 4 is 22.8 Å². The highest BCUT2D eigenvalue weighted by Crippen LogP contribution is 2.39. The summed E-state index contributed by atoms with van der Waals surface area (Å²) >= 11 is 0. The van der Waals surface area contributed by atoms with Crippen molar-refractivity contribution in [3.63, 3.8) is 0 Å². The Morgan fingerprint density at radius 3 is 3.04 bits per heavy atom. The molecule has 0 bridgehead atoms. The molecule has 0 spiro atoms. The van der Waals surface area contributed by atoms with Crippen LogP contribution in [0.5, 0.6) is 0 Å². The van der Waals surface area contributed by atoms with Crippen LogP contribution >= 0.6 is 0 Å². The van der Waals surface area contributed by atoms with Gasteiger partial charge in [-0.05, 0) is 37.7 Å². The lowest BCUT2D eigenvalue weighted by Gasteiger charge is -2.17. The molecule has 6 heteroatoms. The van der Waals surface area contributed by atoms with Crippen molar-refractivity contribution in [3.8, 4) is 0 Å². The van der Waals surface area contributed by atoms with Crippen molar-refractivity contribution in [2.45, 2.75) is 38.1 Å². The standard InChI is InChI=1S/C17H23N5O/c1-21(2)17(23)11-5-6-13(8-11)22-9-12-4-3-7-18-15-14(12)16(22)20-10-19-15/h9-11,13H,3-8H2,1-2H3,(H,18,19,20). The quantitative estimate of drug-likeness (QED) is 0.923. The molecule has 1 aliphatic carbocycles. The zero-order chi connectivity index (χ0) is 16.0. The van der Waals surface area contributed by atoms with Gasteiger partial charge in [-0.3, -0.25) is 4.79 Å². The molecule has 122 valence electrons. The molecule has 1 saturated carbocycles. The van der Waals surface area contributed by atoms with Crippen molar-refractivity contribution in [1.29, 1.82) is 0 Å². The van der Waals surface area contributed by atoms with Crippen molar-refractivity contribution < 1.29 is 4.79 Å². The first-order valence-corrected chi connectivity index (χ1v) is 8.44. The number of hydrogen-bond acceptors (Lipinski definition) is 4. The van der Waals surface area contributed by atoms with E-state index in [9.17, 15) is 4.79 Å². The van der Waals surface area contributed by atoms with Gasteiger partial charge in [-0.25, -0.2) is 9.97 Å². The van der Waals surface area contributed by atoms with Crippen LogP contribution in [0.25, 0.3) is 11.0 Å². The fourth-order valence-electron chi connectivity index (χ4n) is 4.05. The van der Waals surface area contributed by atoms with Crippen LogP contribution in [0.4, 0.5) is 5.82 Å². The molecule has 2 aliphatic rings. The topological polar surface area (TPSA) is 63.1 Å². The summed E-state index contributed by atoms with van der Waals surface area (Å²) in [6, 6.07) is 0.363.